The SMILES string of the molecule is COC(OC)C(C)NC(=O)c1ccc2c(c1)CC(=O)N2. The first-order valence-electron chi connectivity index (χ1n) is 6.34. The minimum atomic E-state index is -0.503. The van der Waals surface area contributed by atoms with Crippen LogP contribution < -0.4 is 10.6 Å². The van der Waals surface area contributed by atoms with Gasteiger partial charge in [0.2, 0.25) is 5.91 Å². The number of carbonyl (C=O) groups is 2. The van der Waals surface area contributed by atoms with Crippen LogP contribution in [0.25, 0.3) is 0 Å². The number of ether oxygens (including phenoxy) is 2. The average Bonchev–Trinajstić information content (AvgIpc) is 2.78. The van der Waals surface area contributed by atoms with Crippen molar-refractivity contribution in [1.82, 2.24) is 5.32 Å². The highest BCUT2D eigenvalue weighted by Crippen LogP contribution is 2.23. The van der Waals surface area contributed by atoms with Gasteiger partial charge in [-0.15, -0.1) is 0 Å². The number of fused-ring (bicyclic) bond motifs is 1. The van der Waals surface area contributed by atoms with Gasteiger partial charge in [0.15, 0.2) is 6.29 Å². The topological polar surface area (TPSA) is 76.7 Å². The summed E-state index contributed by atoms with van der Waals surface area (Å²) in [6, 6.07) is 4.86. The van der Waals surface area contributed by atoms with Crippen molar-refractivity contribution >= 4 is 17.5 Å². The maximum Gasteiger partial charge on any atom is 0.251 e. The molecule has 0 radical (unpaired) electrons. The third-order valence-corrected chi connectivity index (χ3v) is 3.22. The lowest BCUT2D eigenvalue weighted by atomic mass is 10.1. The zero-order valence-corrected chi connectivity index (χ0v) is 11.7. The molecule has 0 spiro atoms. The second kappa shape index (κ2) is 6.02. The summed E-state index contributed by atoms with van der Waals surface area (Å²) < 4.78 is 10.2. The Morgan fingerprint density at radius 3 is 2.70 bits per heavy atom. The lowest BCUT2D eigenvalue weighted by Crippen LogP contribution is -2.42. The molecule has 1 heterocycles. The minimum Gasteiger partial charge on any atom is -0.354 e. The Hall–Kier alpha value is -1.92. The number of carbonyl (C=O) groups excluding carboxylic acids is 2. The third-order valence-electron chi connectivity index (χ3n) is 3.22. The van der Waals surface area contributed by atoms with Gasteiger partial charge in [-0.2, -0.15) is 0 Å². The predicted molar refractivity (Wildman–Crippen MR) is 73.5 cm³/mol. The molecule has 1 unspecified atom stereocenters. The summed E-state index contributed by atoms with van der Waals surface area (Å²) in [5, 5.41) is 5.54. The largest absolute Gasteiger partial charge is 0.354 e. The second-order valence-corrected chi connectivity index (χ2v) is 4.70. The van der Waals surface area contributed by atoms with E-state index in [9.17, 15) is 9.59 Å². The molecule has 20 heavy (non-hydrogen) atoms. The van der Waals surface area contributed by atoms with E-state index >= 15 is 0 Å². The molecule has 0 saturated carbocycles. The molecular formula is C14H18N2O4. The number of nitrogens with one attached hydrogen (secondary N) is 2. The average molecular weight is 278 g/mol. The molecular weight excluding hydrogens is 260 g/mol. The van der Waals surface area contributed by atoms with E-state index < -0.39 is 6.29 Å². The molecule has 0 aromatic heterocycles. The van der Waals surface area contributed by atoms with Crippen LogP contribution in [-0.2, 0) is 20.7 Å². The minimum absolute atomic E-state index is 0.0512. The zero-order chi connectivity index (χ0) is 14.7. The Kier molecular flexibility index (Phi) is 4.36. The fourth-order valence-electron chi connectivity index (χ4n) is 2.23. The van der Waals surface area contributed by atoms with Gasteiger partial charge in [0.1, 0.15) is 0 Å². The van der Waals surface area contributed by atoms with E-state index in [1.165, 1.54) is 14.2 Å². The lowest BCUT2D eigenvalue weighted by Gasteiger charge is -2.22. The molecule has 1 aromatic rings. The monoisotopic (exact) mass is 278 g/mol. The van der Waals surface area contributed by atoms with Crippen LogP contribution in [0.1, 0.15) is 22.8 Å². The number of hydrogen-bond acceptors (Lipinski definition) is 4. The van der Waals surface area contributed by atoms with Gasteiger partial charge in [-0.25, -0.2) is 0 Å². The van der Waals surface area contributed by atoms with E-state index in [1.54, 1.807) is 25.1 Å². The molecule has 2 rings (SSSR count). The van der Waals surface area contributed by atoms with Gasteiger partial charge >= 0.3 is 0 Å². The normalized spacial score (nSPS) is 14.9. The Bertz CT molecular complexity index is 526. The Morgan fingerprint density at radius 2 is 2.05 bits per heavy atom. The Labute approximate surface area is 117 Å². The molecule has 0 bridgehead atoms. The van der Waals surface area contributed by atoms with Crippen molar-refractivity contribution in [2.75, 3.05) is 19.5 Å². The third kappa shape index (κ3) is 2.97. The summed E-state index contributed by atoms with van der Waals surface area (Å²) in [5.41, 5.74) is 2.12. The van der Waals surface area contributed by atoms with Crippen molar-refractivity contribution in [1.29, 1.82) is 0 Å². The first-order chi connectivity index (χ1) is 9.55. The summed E-state index contributed by atoms with van der Waals surface area (Å²) >= 11 is 0. The van der Waals surface area contributed by atoms with Crippen molar-refractivity contribution in [2.45, 2.75) is 25.7 Å². The molecule has 6 nitrogen and oxygen atoms in total. The molecule has 6 heteroatoms. The van der Waals surface area contributed by atoms with Crippen molar-refractivity contribution in [3.8, 4) is 0 Å². The summed E-state index contributed by atoms with van der Waals surface area (Å²) in [6.07, 6.45) is -0.193. The van der Waals surface area contributed by atoms with E-state index in [-0.39, 0.29) is 17.9 Å². The summed E-state index contributed by atoms with van der Waals surface area (Å²) in [4.78, 5) is 23.4. The molecule has 0 fully saturated rings. The van der Waals surface area contributed by atoms with Crippen molar-refractivity contribution in [2.24, 2.45) is 0 Å². The van der Waals surface area contributed by atoms with Crippen LogP contribution in [0.2, 0.25) is 0 Å². The molecule has 108 valence electrons. The van der Waals surface area contributed by atoms with E-state index in [1.807, 2.05) is 0 Å². The van der Waals surface area contributed by atoms with E-state index in [0.29, 0.717) is 12.0 Å². The summed E-state index contributed by atoms with van der Waals surface area (Å²) in [5.74, 6) is -0.275. The first kappa shape index (κ1) is 14.5. The van der Waals surface area contributed by atoms with Crippen molar-refractivity contribution < 1.29 is 19.1 Å². The maximum absolute atomic E-state index is 12.1. The molecule has 2 N–H and O–H groups in total. The Balaban J connectivity index is 2.07. The van der Waals surface area contributed by atoms with Gasteiger partial charge in [0.25, 0.3) is 5.91 Å². The smallest absolute Gasteiger partial charge is 0.251 e. The van der Waals surface area contributed by atoms with Crippen LogP contribution in [0.3, 0.4) is 0 Å². The van der Waals surface area contributed by atoms with Crippen LogP contribution in [0, 0.1) is 0 Å². The van der Waals surface area contributed by atoms with Gasteiger partial charge in [0.05, 0.1) is 12.5 Å². The number of amides is 2. The van der Waals surface area contributed by atoms with Crippen LogP contribution >= 0.6 is 0 Å². The molecule has 1 aromatic carbocycles. The van der Waals surface area contributed by atoms with Crippen LogP contribution in [0.4, 0.5) is 5.69 Å². The summed E-state index contributed by atoms with van der Waals surface area (Å²) in [6.45, 7) is 1.80. The predicted octanol–water partition coefficient (Wildman–Crippen LogP) is 0.918. The molecule has 2 amide bonds. The first-order valence-corrected chi connectivity index (χ1v) is 6.34. The highest BCUT2D eigenvalue weighted by atomic mass is 16.7. The highest BCUT2D eigenvalue weighted by Gasteiger charge is 2.22. The van der Waals surface area contributed by atoms with Gasteiger partial charge in [-0.05, 0) is 30.7 Å². The van der Waals surface area contributed by atoms with Crippen LogP contribution in [0.5, 0.6) is 0 Å². The quantitative estimate of drug-likeness (QED) is 0.785. The number of anilines is 1. The molecule has 1 aliphatic rings. The van der Waals surface area contributed by atoms with Gasteiger partial charge in [-0.3, -0.25) is 9.59 Å². The van der Waals surface area contributed by atoms with E-state index in [2.05, 4.69) is 10.6 Å². The number of rotatable bonds is 5. The molecule has 0 saturated heterocycles. The molecule has 1 aliphatic heterocycles. The van der Waals surface area contributed by atoms with Crippen molar-refractivity contribution in [3.63, 3.8) is 0 Å². The highest BCUT2D eigenvalue weighted by molar-refractivity contribution is 6.01. The number of benzene rings is 1. The maximum atomic E-state index is 12.1. The van der Waals surface area contributed by atoms with Crippen LogP contribution in [-0.4, -0.2) is 38.4 Å². The fourth-order valence-corrected chi connectivity index (χ4v) is 2.23. The van der Waals surface area contributed by atoms with Gasteiger partial charge in [-0.1, -0.05) is 0 Å². The van der Waals surface area contributed by atoms with Crippen LogP contribution in [0.15, 0.2) is 18.2 Å². The Morgan fingerprint density at radius 1 is 1.35 bits per heavy atom. The van der Waals surface area contributed by atoms with E-state index in [0.717, 1.165) is 11.3 Å². The summed E-state index contributed by atoms with van der Waals surface area (Å²) in [7, 11) is 3.03. The van der Waals surface area contributed by atoms with Gasteiger partial charge < -0.3 is 20.1 Å². The number of methoxy groups -OCH3 is 2. The van der Waals surface area contributed by atoms with Crippen molar-refractivity contribution in [3.05, 3.63) is 29.3 Å². The molecule has 0 aliphatic carbocycles. The lowest BCUT2D eigenvalue weighted by molar-refractivity contribution is -0.117. The second-order valence-electron chi connectivity index (χ2n) is 4.70. The standard InChI is InChI=1S/C14H18N2O4/c1-8(14(19-2)20-3)15-13(18)9-4-5-11-10(6-9)7-12(17)16-11/h4-6,8,14H,7H2,1-3H3,(H,15,18)(H,16,17). The zero-order valence-electron chi connectivity index (χ0n) is 11.7. The molecule has 1 atom stereocenters. The fraction of sp³-hybridized carbons (Fsp3) is 0.429. The number of hydrogen-bond donors (Lipinski definition) is 2. The van der Waals surface area contributed by atoms with Gasteiger partial charge in [0, 0.05) is 25.5 Å². The van der Waals surface area contributed by atoms with E-state index in [4.69, 9.17) is 9.47 Å².